The fourth-order valence-electron chi connectivity index (χ4n) is 2.19. The molecule has 0 bridgehead atoms. The molecule has 0 heterocycles. The van der Waals surface area contributed by atoms with Crippen LogP contribution >= 0.6 is 0 Å². The molecule has 2 aromatic rings. The average Bonchev–Trinajstić information content (AvgIpc) is 2.64. The molecule has 6 nitrogen and oxygen atoms in total. The number of ether oxygens (including phenoxy) is 1. The maximum Gasteiger partial charge on any atom is 0.416 e. The Bertz CT molecular complexity index is 792. The molecule has 27 heavy (non-hydrogen) atoms. The van der Waals surface area contributed by atoms with Crippen molar-refractivity contribution in [2.24, 2.45) is 0 Å². The van der Waals surface area contributed by atoms with Crippen molar-refractivity contribution in [3.63, 3.8) is 0 Å². The third-order valence-corrected chi connectivity index (χ3v) is 3.53. The van der Waals surface area contributed by atoms with E-state index in [0.29, 0.717) is 17.0 Å². The molecule has 0 aliphatic heterocycles. The molecule has 0 aliphatic carbocycles. The lowest BCUT2D eigenvalue weighted by molar-refractivity contribution is -0.137. The SMILES string of the molecule is COc1ccccc1NCC(=O)NNC(=O)Cc1ccc(C(F)(F)F)cc1. The summed E-state index contributed by atoms with van der Waals surface area (Å²) in [4.78, 5) is 23.6. The van der Waals surface area contributed by atoms with E-state index in [1.165, 1.54) is 19.2 Å². The standard InChI is InChI=1S/C18H18F3N3O3/c1-27-15-5-3-2-4-14(15)22-11-17(26)24-23-16(25)10-12-6-8-13(9-7-12)18(19,20)21/h2-9,22H,10-11H2,1H3,(H,23,25)(H,24,26). The van der Waals surface area contributed by atoms with Crippen molar-refractivity contribution >= 4 is 17.5 Å². The van der Waals surface area contributed by atoms with Crippen LogP contribution in [0.1, 0.15) is 11.1 Å². The average molecular weight is 381 g/mol. The first-order chi connectivity index (χ1) is 12.8. The Labute approximate surface area is 153 Å². The Morgan fingerprint density at radius 2 is 1.59 bits per heavy atom. The molecule has 2 rings (SSSR count). The van der Waals surface area contributed by atoms with Crippen LogP contribution in [0, 0.1) is 0 Å². The molecule has 3 N–H and O–H groups in total. The van der Waals surface area contributed by atoms with Crippen molar-refractivity contribution in [2.75, 3.05) is 19.0 Å². The van der Waals surface area contributed by atoms with Gasteiger partial charge in [0, 0.05) is 0 Å². The summed E-state index contributed by atoms with van der Waals surface area (Å²) in [5.41, 5.74) is 4.65. The number of hydrazine groups is 1. The maximum atomic E-state index is 12.5. The molecule has 144 valence electrons. The minimum absolute atomic E-state index is 0.110. The molecule has 0 fully saturated rings. The Balaban J connectivity index is 1.77. The number of alkyl halides is 3. The van der Waals surface area contributed by atoms with Gasteiger partial charge in [-0.05, 0) is 29.8 Å². The number of halogens is 3. The first-order valence-corrected chi connectivity index (χ1v) is 7.90. The smallest absolute Gasteiger partial charge is 0.416 e. The number of methoxy groups -OCH3 is 1. The summed E-state index contributed by atoms with van der Waals surface area (Å²) in [5, 5.41) is 2.86. The minimum Gasteiger partial charge on any atom is -0.495 e. The summed E-state index contributed by atoms with van der Waals surface area (Å²) in [6.07, 6.45) is -4.60. The van der Waals surface area contributed by atoms with E-state index in [1.807, 2.05) is 0 Å². The van der Waals surface area contributed by atoms with Crippen molar-refractivity contribution < 1.29 is 27.5 Å². The Kier molecular flexibility index (Phi) is 6.64. The van der Waals surface area contributed by atoms with Gasteiger partial charge in [-0.3, -0.25) is 20.4 Å². The molecule has 0 atom stereocenters. The topological polar surface area (TPSA) is 79.5 Å². The molecule has 0 aromatic heterocycles. The number of hydrogen-bond donors (Lipinski definition) is 3. The number of amides is 2. The molecule has 0 saturated carbocycles. The van der Waals surface area contributed by atoms with Crippen LogP contribution in [0.15, 0.2) is 48.5 Å². The highest BCUT2D eigenvalue weighted by Crippen LogP contribution is 2.29. The van der Waals surface area contributed by atoms with Crippen LogP contribution in [0.3, 0.4) is 0 Å². The van der Waals surface area contributed by atoms with Crippen LogP contribution in [-0.2, 0) is 22.2 Å². The monoisotopic (exact) mass is 381 g/mol. The summed E-state index contributed by atoms with van der Waals surface area (Å²) < 4.78 is 42.6. The minimum atomic E-state index is -4.43. The van der Waals surface area contributed by atoms with Gasteiger partial charge in [0.15, 0.2) is 0 Å². The second-order valence-electron chi connectivity index (χ2n) is 5.52. The van der Waals surface area contributed by atoms with Crippen molar-refractivity contribution in [3.8, 4) is 5.75 Å². The molecule has 9 heteroatoms. The van der Waals surface area contributed by atoms with Gasteiger partial charge < -0.3 is 10.1 Å². The van der Waals surface area contributed by atoms with Crippen molar-refractivity contribution in [2.45, 2.75) is 12.6 Å². The lowest BCUT2D eigenvalue weighted by Crippen LogP contribution is -2.44. The van der Waals surface area contributed by atoms with Gasteiger partial charge in [-0.25, -0.2) is 0 Å². The van der Waals surface area contributed by atoms with E-state index in [9.17, 15) is 22.8 Å². The Morgan fingerprint density at radius 3 is 2.22 bits per heavy atom. The van der Waals surface area contributed by atoms with Gasteiger partial charge in [-0.15, -0.1) is 0 Å². The number of anilines is 1. The zero-order valence-electron chi connectivity index (χ0n) is 14.4. The quantitative estimate of drug-likeness (QED) is 0.672. The lowest BCUT2D eigenvalue weighted by Gasteiger charge is -2.12. The molecule has 0 radical (unpaired) electrons. The third kappa shape index (κ3) is 6.21. The zero-order valence-corrected chi connectivity index (χ0v) is 14.4. The first-order valence-electron chi connectivity index (χ1n) is 7.90. The predicted octanol–water partition coefficient (Wildman–Crippen LogP) is 2.52. The lowest BCUT2D eigenvalue weighted by atomic mass is 10.1. The van der Waals surface area contributed by atoms with Crippen LogP contribution in [0.4, 0.5) is 18.9 Å². The second kappa shape index (κ2) is 8.93. The highest BCUT2D eigenvalue weighted by Gasteiger charge is 2.29. The van der Waals surface area contributed by atoms with E-state index in [4.69, 9.17) is 4.74 Å². The second-order valence-corrected chi connectivity index (χ2v) is 5.52. The number of carbonyl (C=O) groups excluding carboxylic acids is 2. The van der Waals surface area contributed by atoms with Crippen LogP contribution < -0.4 is 20.9 Å². The normalized spacial score (nSPS) is 10.8. The highest BCUT2D eigenvalue weighted by molar-refractivity contribution is 5.85. The maximum absolute atomic E-state index is 12.5. The van der Waals surface area contributed by atoms with Gasteiger partial charge in [0.05, 0.1) is 31.3 Å². The van der Waals surface area contributed by atoms with Crippen molar-refractivity contribution in [1.82, 2.24) is 10.9 Å². The van der Waals surface area contributed by atoms with Crippen LogP contribution in [0.25, 0.3) is 0 Å². The Hall–Kier alpha value is -3.23. The number of benzene rings is 2. The van der Waals surface area contributed by atoms with E-state index in [1.54, 1.807) is 24.3 Å². The number of nitrogens with one attached hydrogen (secondary N) is 3. The highest BCUT2D eigenvalue weighted by atomic mass is 19.4. The molecular formula is C18H18F3N3O3. The molecule has 0 saturated heterocycles. The van der Waals surface area contributed by atoms with E-state index in [-0.39, 0.29) is 13.0 Å². The van der Waals surface area contributed by atoms with Gasteiger partial charge in [0.1, 0.15) is 5.75 Å². The number of rotatable bonds is 6. The zero-order chi connectivity index (χ0) is 19.9. The molecule has 2 aromatic carbocycles. The van der Waals surface area contributed by atoms with Gasteiger partial charge in [0.25, 0.3) is 5.91 Å². The predicted molar refractivity (Wildman–Crippen MR) is 92.9 cm³/mol. The van der Waals surface area contributed by atoms with E-state index in [2.05, 4.69) is 16.2 Å². The van der Waals surface area contributed by atoms with Crippen molar-refractivity contribution in [3.05, 3.63) is 59.7 Å². The van der Waals surface area contributed by atoms with E-state index >= 15 is 0 Å². The third-order valence-electron chi connectivity index (χ3n) is 3.53. The molecule has 0 unspecified atom stereocenters. The van der Waals surface area contributed by atoms with Gasteiger partial charge in [0.2, 0.25) is 5.91 Å². The fourth-order valence-corrected chi connectivity index (χ4v) is 2.19. The van der Waals surface area contributed by atoms with Gasteiger partial charge >= 0.3 is 6.18 Å². The van der Waals surface area contributed by atoms with Crippen LogP contribution in [-0.4, -0.2) is 25.5 Å². The summed E-state index contributed by atoms with van der Waals surface area (Å²) in [6.45, 7) is -0.110. The summed E-state index contributed by atoms with van der Waals surface area (Å²) in [5.74, 6) is -0.487. The van der Waals surface area contributed by atoms with Gasteiger partial charge in [-0.1, -0.05) is 24.3 Å². The molecule has 0 spiro atoms. The first kappa shape index (κ1) is 20.1. The van der Waals surface area contributed by atoms with Gasteiger partial charge in [-0.2, -0.15) is 13.2 Å². The van der Waals surface area contributed by atoms with Crippen LogP contribution in [0.5, 0.6) is 5.75 Å². The number of carbonyl (C=O) groups is 2. The van der Waals surface area contributed by atoms with Crippen LogP contribution in [0.2, 0.25) is 0 Å². The Morgan fingerprint density at radius 1 is 0.963 bits per heavy atom. The summed E-state index contributed by atoms with van der Waals surface area (Å²) in [6, 6.07) is 11.2. The van der Waals surface area contributed by atoms with Crippen molar-refractivity contribution in [1.29, 1.82) is 0 Å². The largest absolute Gasteiger partial charge is 0.495 e. The van der Waals surface area contributed by atoms with E-state index in [0.717, 1.165) is 12.1 Å². The molecular weight excluding hydrogens is 363 g/mol. The fraction of sp³-hybridized carbons (Fsp3) is 0.222. The summed E-state index contributed by atoms with van der Waals surface area (Å²) >= 11 is 0. The molecule has 0 aliphatic rings. The number of para-hydroxylation sites is 2. The number of hydrogen-bond acceptors (Lipinski definition) is 4. The van der Waals surface area contributed by atoms with E-state index < -0.39 is 23.6 Å². The molecule has 2 amide bonds. The summed E-state index contributed by atoms with van der Waals surface area (Å²) in [7, 11) is 1.50.